The van der Waals surface area contributed by atoms with Crippen LogP contribution in [0.5, 0.6) is 0 Å². The minimum Gasteiger partial charge on any atom is -0.463 e. The Kier molecular flexibility index (Phi) is 8.53. The summed E-state index contributed by atoms with van der Waals surface area (Å²) in [6.07, 6.45) is 5.79. The summed E-state index contributed by atoms with van der Waals surface area (Å²) in [6, 6.07) is 4.92. The predicted molar refractivity (Wildman–Crippen MR) is 123 cm³/mol. The van der Waals surface area contributed by atoms with Gasteiger partial charge in [-0.1, -0.05) is 6.42 Å². The van der Waals surface area contributed by atoms with Gasteiger partial charge in [0.15, 0.2) is 0 Å². The van der Waals surface area contributed by atoms with Gasteiger partial charge in [0.2, 0.25) is 10.0 Å². The van der Waals surface area contributed by atoms with E-state index in [-0.39, 0.29) is 35.5 Å². The Balaban J connectivity index is 1.81. The van der Waals surface area contributed by atoms with Crippen molar-refractivity contribution in [2.24, 2.45) is 0 Å². The Labute approximate surface area is 191 Å². The topological polar surface area (TPSA) is 96.0 Å². The van der Waals surface area contributed by atoms with E-state index in [0.29, 0.717) is 18.8 Å². The lowest BCUT2D eigenvalue weighted by atomic mass is 10.1. The van der Waals surface area contributed by atoms with Crippen molar-refractivity contribution in [2.45, 2.75) is 69.8 Å². The normalized spacial score (nSPS) is 17.9. The molecule has 2 aliphatic heterocycles. The molecule has 1 aromatic carbocycles. The van der Waals surface area contributed by atoms with Gasteiger partial charge < -0.3 is 15.0 Å². The lowest BCUT2D eigenvalue weighted by Crippen LogP contribution is -2.38. The summed E-state index contributed by atoms with van der Waals surface area (Å²) in [6.45, 7) is 6.31. The Morgan fingerprint density at radius 2 is 1.62 bits per heavy atom. The number of nitrogens with one attached hydrogen (secondary N) is 1. The summed E-state index contributed by atoms with van der Waals surface area (Å²) >= 11 is 0. The lowest BCUT2D eigenvalue weighted by molar-refractivity contribution is -0.147. The van der Waals surface area contributed by atoms with E-state index in [2.05, 4.69) is 10.2 Å². The molecule has 8 nitrogen and oxygen atoms in total. The number of ether oxygens (including phenoxy) is 1. The molecule has 3 rings (SSSR count). The molecule has 0 radical (unpaired) electrons. The van der Waals surface area contributed by atoms with Crippen molar-refractivity contribution in [3.63, 3.8) is 0 Å². The van der Waals surface area contributed by atoms with Gasteiger partial charge in [-0.3, -0.25) is 9.59 Å². The van der Waals surface area contributed by atoms with E-state index >= 15 is 0 Å². The first-order valence-corrected chi connectivity index (χ1v) is 13.1. The highest BCUT2D eigenvalue weighted by atomic mass is 32.2. The molecule has 2 fully saturated rings. The molecule has 0 aromatic heterocycles. The second kappa shape index (κ2) is 11.1. The zero-order chi connectivity index (χ0) is 23.1. The second-order valence-corrected chi connectivity index (χ2v) is 10.6. The molecule has 1 amide bonds. The third kappa shape index (κ3) is 6.22. The molecule has 178 valence electrons. The van der Waals surface area contributed by atoms with Crippen LogP contribution in [-0.2, 0) is 19.6 Å². The number of rotatable bonds is 8. The Morgan fingerprint density at radius 3 is 2.25 bits per heavy atom. The first-order valence-electron chi connectivity index (χ1n) is 11.7. The van der Waals surface area contributed by atoms with Crippen molar-refractivity contribution < 1.29 is 22.7 Å². The molecule has 0 saturated carbocycles. The van der Waals surface area contributed by atoms with Gasteiger partial charge in [0.25, 0.3) is 5.91 Å². The Morgan fingerprint density at radius 1 is 1.00 bits per heavy atom. The third-order valence-electron chi connectivity index (χ3n) is 5.83. The number of hydrogen-bond acceptors (Lipinski definition) is 6. The summed E-state index contributed by atoms with van der Waals surface area (Å²) in [4.78, 5) is 26.7. The molecule has 2 aliphatic rings. The number of sulfonamides is 1. The molecule has 1 aromatic rings. The van der Waals surface area contributed by atoms with Gasteiger partial charge in [-0.2, -0.15) is 4.31 Å². The third-order valence-corrected chi connectivity index (χ3v) is 7.76. The van der Waals surface area contributed by atoms with Crippen molar-refractivity contribution in [3.8, 4) is 0 Å². The lowest BCUT2D eigenvalue weighted by Gasteiger charge is -2.33. The summed E-state index contributed by atoms with van der Waals surface area (Å²) in [5.41, 5.74) is 0.950. The van der Waals surface area contributed by atoms with Crippen molar-refractivity contribution in [2.75, 3.05) is 37.6 Å². The summed E-state index contributed by atoms with van der Waals surface area (Å²) in [5, 5.41) is 2.70. The van der Waals surface area contributed by atoms with Crippen LogP contribution >= 0.6 is 0 Å². The minimum absolute atomic E-state index is 0.0642. The molecular formula is C23H35N3O5S. The number of carbonyl (C=O) groups excluding carboxylic acids is 2. The maximum atomic E-state index is 13.5. The largest absolute Gasteiger partial charge is 0.463 e. The summed E-state index contributed by atoms with van der Waals surface area (Å²) in [7, 11) is -3.71. The number of esters is 1. The van der Waals surface area contributed by atoms with Crippen LogP contribution in [0.25, 0.3) is 0 Å². The fourth-order valence-electron chi connectivity index (χ4n) is 4.20. The van der Waals surface area contributed by atoms with Crippen molar-refractivity contribution in [1.29, 1.82) is 0 Å². The highest BCUT2D eigenvalue weighted by Crippen LogP contribution is 2.32. The number of hydrogen-bond donors (Lipinski definition) is 1. The first-order chi connectivity index (χ1) is 15.3. The number of nitrogens with zero attached hydrogens (tertiary/aromatic N) is 2. The molecule has 0 aliphatic carbocycles. The first kappa shape index (κ1) is 24.5. The van der Waals surface area contributed by atoms with Crippen LogP contribution in [0.2, 0.25) is 0 Å². The fraction of sp³-hybridized carbons (Fsp3) is 0.652. The molecule has 2 heterocycles. The van der Waals surface area contributed by atoms with E-state index in [1.807, 2.05) is 0 Å². The number of carbonyl (C=O) groups is 2. The standard InChI is InChI=1S/C23H35N3O5S/c1-18(2)31-22(27)11-12-24-23(28)19-9-10-20(25-13-5-3-6-14-25)21(17-19)32(29,30)26-15-7-4-8-16-26/h9-10,17-18H,3-8,11-16H2,1-2H3,(H,24,28). The van der Waals surface area contributed by atoms with E-state index in [9.17, 15) is 18.0 Å². The Hall–Kier alpha value is -2.13. The van der Waals surface area contributed by atoms with Gasteiger partial charge in [-0.15, -0.1) is 0 Å². The van der Waals surface area contributed by atoms with Crippen LogP contribution in [0.4, 0.5) is 5.69 Å². The SMILES string of the molecule is CC(C)OC(=O)CCNC(=O)c1ccc(N2CCCCC2)c(S(=O)(=O)N2CCCCC2)c1. The molecule has 0 unspecified atom stereocenters. The maximum Gasteiger partial charge on any atom is 0.307 e. The predicted octanol–water partition coefficient (Wildman–Crippen LogP) is 2.92. The number of benzene rings is 1. The number of piperidine rings is 2. The number of amides is 1. The van der Waals surface area contributed by atoms with Gasteiger partial charge in [0, 0.05) is 38.3 Å². The van der Waals surface area contributed by atoms with Crippen molar-refractivity contribution in [1.82, 2.24) is 9.62 Å². The minimum atomic E-state index is -3.71. The zero-order valence-electron chi connectivity index (χ0n) is 19.1. The zero-order valence-corrected chi connectivity index (χ0v) is 20.0. The second-order valence-electron chi connectivity index (χ2n) is 8.74. The van der Waals surface area contributed by atoms with Crippen LogP contribution in [0.15, 0.2) is 23.1 Å². The van der Waals surface area contributed by atoms with Gasteiger partial charge in [-0.25, -0.2) is 8.42 Å². The van der Waals surface area contributed by atoms with E-state index in [1.165, 1.54) is 6.07 Å². The molecule has 0 atom stereocenters. The summed E-state index contributed by atoms with van der Waals surface area (Å²) in [5.74, 6) is -0.781. The molecule has 2 saturated heterocycles. The molecule has 9 heteroatoms. The molecule has 0 spiro atoms. The smallest absolute Gasteiger partial charge is 0.307 e. The maximum absolute atomic E-state index is 13.5. The van der Waals surface area contributed by atoms with Gasteiger partial charge in [0.1, 0.15) is 4.90 Å². The fourth-order valence-corrected chi connectivity index (χ4v) is 5.96. The average Bonchev–Trinajstić information content (AvgIpc) is 2.79. The molecule has 32 heavy (non-hydrogen) atoms. The van der Waals surface area contributed by atoms with Gasteiger partial charge in [-0.05, 0) is 64.2 Å². The van der Waals surface area contributed by atoms with Gasteiger partial charge in [0.05, 0.1) is 18.2 Å². The van der Waals surface area contributed by atoms with Gasteiger partial charge >= 0.3 is 5.97 Å². The molecule has 0 bridgehead atoms. The van der Waals surface area contributed by atoms with Crippen LogP contribution in [0, 0.1) is 0 Å². The highest BCUT2D eigenvalue weighted by Gasteiger charge is 2.31. The molecular weight excluding hydrogens is 430 g/mol. The van der Waals surface area contributed by atoms with E-state index in [4.69, 9.17) is 4.74 Å². The Bertz CT molecular complexity index is 904. The molecule has 1 N–H and O–H groups in total. The monoisotopic (exact) mass is 465 g/mol. The average molecular weight is 466 g/mol. The van der Waals surface area contributed by atoms with E-state index < -0.39 is 15.9 Å². The highest BCUT2D eigenvalue weighted by molar-refractivity contribution is 7.89. The van der Waals surface area contributed by atoms with Crippen LogP contribution in [-0.4, -0.2) is 63.4 Å². The van der Waals surface area contributed by atoms with Crippen molar-refractivity contribution >= 4 is 27.6 Å². The summed E-state index contributed by atoms with van der Waals surface area (Å²) < 4.78 is 33.7. The number of anilines is 1. The van der Waals surface area contributed by atoms with Crippen LogP contribution in [0.1, 0.15) is 69.2 Å². The van der Waals surface area contributed by atoms with E-state index in [0.717, 1.165) is 51.6 Å². The van der Waals surface area contributed by atoms with Crippen LogP contribution in [0.3, 0.4) is 0 Å². The van der Waals surface area contributed by atoms with E-state index in [1.54, 1.807) is 30.3 Å². The quantitative estimate of drug-likeness (QED) is 0.593. The van der Waals surface area contributed by atoms with Crippen molar-refractivity contribution in [3.05, 3.63) is 23.8 Å². The van der Waals surface area contributed by atoms with Crippen LogP contribution < -0.4 is 10.2 Å².